The molecule has 0 N–H and O–H groups in total. The number of alkyl halides is 1. The smallest absolute Gasteiger partial charge is 0.188 e. The van der Waals surface area contributed by atoms with Gasteiger partial charge in [-0.05, 0) is 5.21 Å². The molecule has 1 aromatic rings. The zero-order valence-corrected chi connectivity index (χ0v) is 10.2. The summed E-state index contributed by atoms with van der Waals surface area (Å²) >= 11 is 3.57. The first kappa shape index (κ1) is 11.0. The summed E-state index contributed by atoms with van der Waals surface area (Å²) in [5, 5.41) is 11.9. The first-order chi connectivity index (χ1) is 7.24. The summed E-state index contributed by atoms with van der Waals surface area (Å²) in [7, 11) is 1.77. The standard InChI is InChI=1S/C8H14BrN5O/c1-13-11-8(10-12-13)5-14-2-3-15-6-7(9)4-14/h7H,2-6H2,1H3. The number of nitrogens with zero attached hydrogens (tertiary/aromatic N) is 5. The Morgan fingerprint density at radius 1 is 1.60 bits per heavy atom. The highest BCUT2D eigenvalue weighted by molar-refractivity contribution is 9.09. The number of aromatic nitrogens is 4. The van der Waals surface area contributed by atoms with Crippen LogP contribution < -0.4 is 0 Å². The minimum atomic E-state index is 0.386. The molecule has 0 spiro atoms. The second-order valence-electron chi connectivity index (χ2n) is 3.60. The Balaban J connectivity index is 1.92. The van der Waals surface area contributed by atoms with Crippen molar-refractivity contribution in [3.8, 4) is 0 Å². The lowest BCUT2D eigenvalue weighted by Crippen LogP contribution is -2.30. The Morgan fingerprint density at radius 2 is 2.47 bits per heavy atom. The summed E-state index contributed by atoms with van der Waals surface area (Å²) in [6, 6.07) is 0. The van der Waals surface area contributed by atoms with Crippen LogP contribution in [0.1, 0.15) is 5.82 Å². The van der Waals surface area contributed by atoms with Gasteiger partial charge in [-0.3, -0.25) is 4.90 Å². The number of aryl methyl sites for hydroxylation is 1. The molecule has 15 heavy (non-hydrogen) atoms. The van der Waals surface area contributed by atoms with Gasteiger partial charge in [-0.25, -0.2) is 0 Å². The number of hydrogen-bond donors (Lipinski definition) is 0. The lowest BCUT2D eigenvalue weighted by Gasteiger charge is -2.18. The Labute approximate surface area is 96.7 Å². The molecule has 2 rings (SSSR count). The monoisotopic (exact) mass is 275 g/mol. The highest BCUT2D eigenvalue weighted by Gasteiger charge is 2.17. The molecule has 1 saturated heterocycles. The van der Waals surface area contributed by atoms with E-state index in [4.69, 9.17) is 4.74 Å². The molecule has 0 radical (unpaired) electrons. The fourth-order valence-corrected chi connectivity index (χ4v) is 2.16. The average molecular weight is 276 g/mol. The molecular formula is C8H14BrN5O. The van der Waals surface area contributed by atoms with Crippen LogP contribution in [0.15, 0.2) is 0 Å². The van der Waals surface area contributed by atoms with E-state index >= 15 is 0 Å². The van der Waals surface area contributed by atoms with Gasteiger partial charge in [0.25, 0.3) is 0 Å². The molecule has 0 bridgehead atoms. The van der Waals surface area contributed by atoms with E-state index in [0.29, 0.717) is 4.83 Å². The highest BCUT2D eigenvalue weighted by atomic mass is 79.9. The van der Waals surface area contributed by atoms with E-state index in [0.717, 1.165) is 38.7 Å². The summed E-state index contributed by atoms with van der Waals surface area (Å²) in [6.07, 6.45) is 0. The van der Waals surface area contributed by atoms with Crippen molar-refractivity contribution >= 4 is 15.9 Å². The van der Waals surface area contributed by atoms with E-state index in [1.807, 2.05) is 0 Å². The molecule has 0 aromatic carbocycles. The zero-order chi connectivity index (χ0) is 10.7. The van der Waals surface area contributed by atoms with Gasteiger partial charge in [-0.2, -0.15) is 4.80 Å². The SMILES string of the molecule is Cn1nnc(CN2CCOCC(Br)C2)n1. The summed E-state index contributed by atoms with van der Waals surface area (Å²) in [5.74, 6) is 0.763. The van der Waals surface area contributed by atoms with Gasteiger partial charge in [0.1, 0.15) is 0 Å². The van der Waals surface area contributed by atoms with Crippen molar-refractivity contribution in [2.45, 2.75) is 11.4 Å². The molecule has 84 valence electrons. The van der Waals surface area contributed by atoms with Gasteiger partial charge in [-0.15, -0.1) is 10.2 Å². The third-order valence-electron chi connectivity index (χ3n) is 2.22. The van der Waals surface area contributed by atoms with E-state index in [1.54, 1.807) is 7.05 Å². The van der Waals surface area contributed by atoms with Crippen LogP contribution in [-0.4, -0.2) is 56.2 Å². The maximum Gasteiger partial charge on any atom is 0.188 e. The molecule has 7 heteroatoms. The summed E-state index contributed by atoms with van der Waals surface area (Å²) in [4.78, 5) is 4.13. The normalized spacial score (nSPS) is 24.0. The number of ether oxygens (including phenoxy) is 1. The van der Waals surface area contributed by atoms with Crippen LogP contribution in [0.25, 0.3) is 0 Å². The summed E-state index contributed by atoms with van der Waals surface area (Å²) < 4.78 is 5.43. The Morgan fingerprint density at radius 3 is 3.20 bits per heavy atom. The van der Waals surface area contributed by atoms with Gasteiger partial charge in [0.2, 0.25) is 0 Å². The van der Waals surface area contributed by atoms with Gasteiger partial charge in [-0.1, -0.05) is 15.9 Å². The number of halogens is 1. The van der Waals surface area contributed by atoms with E-state index in [1.165, 1.54) is 4.80 Å². The maximum atomic E-state index is 5.43. The molecule has 1 atom stereocenters. The fraction of sp³-hybridized carbons (Fsp3) is 0.875. The van der Waals surface area contributed by atoms with Crippen LogP contribution in [0, 0.1) is 0 Å². The number of hydrogen-bond acceptors (Lipinski definition) is 5. The van der Waals surface area contributed by atoms with Gasteiger partial charge >= 0.3 is 0 Å². The Bertz CT molecular complexity index is 318. The first-order valence-electron chi connectivity index (χ1n) is 4.91. The molecule has 6 nitrogen and oxygen atoms in total. The van der Waals surface area contributed by atoms with Crippen LogP contribution in [0.3, 0.4) is 0 Å². The van der Waals surface area contributed by atoms with E-state index in [9.17, 15) is 0 Å². The summed E-state index contributed by atoms with van der Waals surface area (Å²) in [5.41, 5.74) is 0. The van der Waals surface area contributed by atoms with Crippen LogP contribution in [0.2, 0.25) is 0 Å². The molecule has 1 aromatic heterocycles. The van der Waals surface area contributed by atoms with Gasteiger partial charge in [0, 0.05) is 13.1 Å². The van der Waals surface area contributed by atoms with Gasteiger partial charge < -0.3 is 4.74 Å². The largest absolute Gasteiger partial charge is 0.379 e. The Hall–Kier alpha value is -0.530. The van der Waals surface area contributed by atoms with Crippen molar-refractivity contribution in [1.29, 1.82) is 0 Å². The van der Waals surface area contributed by atoms with Crippen molar-refractivity contribution in [3.05, 3.63) is 5.82 Å². The third kappa shape index (κ3) is 3.22. The van der Waals surface area contributed by atoms with E-state index < -0.39 is 0 Å². The van der Waals surface area contributed by atoms with Crippen molar-refractivity contribution in [1.82, 2.24) is 25.1 Å². The quantitative estimate of drug-likeness (QED) is 0.701. The topological polar surface area (TPSA) is 56.1 Å². The van der Waals surface area contributed by atoms with E-state index in [-0.39, 0.29) is 0 Å². The summed E-state index contributed by atoms with van der Waals surface area (Å²) in [6.45, 7) is 4.14. The molecule has 2 heterocycles. The van der Waals surface area contributed by atoms with Crippen molar-refractivity contribution in [2.24, 2.45) is 7.05 Å². The number of tetrazole rings is 1. The minimum Gasteiger partial charge on any atom is -0.379 e. The lowest BCUT2D eigenvalue weighted by molar-refractivity contribution is 0.141. The van der Waals surface area contributed by atoms with Crippen LogP contribution >= 0.6 is 15.9 Å². The first-order valence-corrected chi connectivity index (χ1v) is 5.82. The molecule has 1 aliphatic rings. The van der Waals surface area contributed by atoms with Crippen LogP contribution in [-0.2, 0) is 18.3 Å². The van der Waals surface area contributed by atoms with Crippen molar-refractivity contribution in [2.75, 3.05) is 26.3 Å². The minimum absolute atomic E-state index is 0.386. The second kappa shape index (κ2) is 5.00. The van der Waals surface area contributed by atoms with Crippen LogP contribution in [0.5, 0.6) is 0 Å². The second-order valence-corrected chi connectivity index (χ2v) is 4.90. The van der Waals surface area contributed by atoms with Gasteiger partial charge in [0.05, 0.1) is 31.6 Å². The molecule has 0 aliphatic carbocycles. The zero-order valence-electron chi connectivity index (χ0n) is 8.64. The average Bonchev–Trinajstić information content (AvgIpc) is 2.46. The number of rotatable bonds is 2. The van der Waals surface area contributed by atoms with Crippen molar-refractivity contribution in [3.63, 3.8) is 0 Å². The lowest BCUT2D eigenvalue weighted by atomic mass is 10.4. The highest BCUT2D eigenvalue weighted by Crippen LogP contribution is 2.09. The Kier molecular flexibility index (Phi) is 3.66. The fourth-order valence-electron chi connectivity index (χ4n) is 1.56. The molecule has 1 fully saturated rings. The predicted molar refractivity (Wildman–Crippen MR) is 57.6 cm³/mol. The third-order valence-corrected chi connectivity index (χ3v) is 2.78. The predicted octanol–water partition coefficient (Wildman–Crippen LogP) is -0.194. The molecular weight excluding hydrogens is 262 g/mol. The van der Waals surface area contributed by atoms with E-state index in [2.05, 4.69) is 36.2 Å². The molecule has 0 saturated carbocycles. The maximum absolute atomic E-state index is 5.43. The van der Waals surface area contributed by atoms with Gasteiger partial charge in [0.15, 0.2) is 5.82 Å². The molecule has 0 amide bonds. The van der Waals surface area contributed by atoms with Crippen LogP contribution in [0.4, 0.5) is 0 Å². The molecule has 1 unspecified atom stereocenters. The van der Waals surface area contributed by atoms with Crippen molar-refractivity contribution < 1.29 is 4.74 Å². The molecule has 1 aliphatic heterocycles.